The lowest BCUT2D eigenvalue weighted by atomic mass is 10.1. The molecule has 0 aliphatic heterocycles. The molecular formula is C11H13ClO2. The topological polar surface area (TPSA) is 26.3 Å². The second kappa shape index (κ2) is 4.47. The highest BCUT2D eigenvalue weighted by molar-refractivity contribution is 6.30. The molecule has 0 N–H and O–H groups in total. The molecule has 0 aliphatic rings. The number of ether oxygens (including phenoxy) is 1. The van der Waals surface area contributed by atoms with Gasteiger partial charge in [0.2, 0.25) is 0 Å². The summed E-state index contributed by atoms with van der Waals surface area (Å²) in [4.78, 5) is 11.5. The molecule has 0 bridgehead atoms. The quantitative estimate of drug-likeness (QED) is 0.704. The van der Waals surface area contributed by atoms with Crippen molar-refractivity contribution < 1.29 is 9.53 Å². The van der Waals surface area contributed by atoms with Crippen molar-refractivity contribution >= 4 is 17.6 Å². The summed E-state index contributed by atoms with van der Waals surface area (Å²) in [7, 11) is 0. The Morgan fingerprint density at radius 3 is 2.57 bits per heavy atom. The molecule has 0 atom stereocenters. The molecule has 0 fully saturated rings. The predicted octanol–water partition coefficient (Wildman–Crippen LogP) is 3.21. The highest BCUT2D eigenvalue weighted by Crippen LogP contribution is 2.16. The van der Waals surface area contributed by atoms with Crippen molar-refractivity contribution in [1.82, 2.24) is 0 Å². The molecule has 76 valence electrons. The van der Waals surface area contributed by atoms with Gasteiger partial charge >= 0.3 is 5.97 Å². The van der Waals surface area contributed by atoms with Crippen LogP contribution in [0.4, 0.5) is 0 Å². The third-order valence-corrected chi connectivity index (χ3v) is 1.99. The lowest BCUT2D eigenvalue weighted by Crippen LogP contribution is -2.12. The summed E-state index contributed by atoms with van der Waals surface area (Å²) in [5, 5.41) is 0.628. The van der Waals surface area contributed by atoms with E-state index in [0.717, 1.165) is 5.56 Å². The molecular weight excluding hydrogens is 200 g/mol. The molecule has 0 unspecified atom stereocenters. The van der Waals surface area contributed by atoms with Crippen molar-refractivity contribution in [2.75, 3.05) is 0 Å². The van der Waals surface area contributed by atoms with E-state index >= 15 is 0 Å². The summed E-state index contributed by atoms with van der Waals surface area (Å²) < 4.78 is 5.07. The highest BCUT2D eigenvalue weighted by Gasteiger charge is 2.11. The third-order valence-electron chi connectivity index (χ3n) is 1.75. The Hall–Kier alpha value is -1.02. The van der Waals surface area contributed by atoms with Crippen LogP contribution in [0, 0.1) is 6.92 Å². The molecule has 1 aromatic rings. The fraction of sp³-hybridized carbons (Fsp3) is 0.364. The lowest BCUT2D eigenvalue weighted by Gasteiger charge is -2.09. The maximum Gasteiger partial charge on any atom is 0.338 e. The van der Waals surface area contributed by atoms with Crippen LogP contribution in [0.3, 0.4) is 0 Å². The molecule has 0 amide bonds. The first-order chi connectivity index (χ1) is 6.50. The maximum absolute atomic E-state index is 11.5. The van der Waals surface area contributed by atoms with Gasteiger partial charge in [0.25, 0.3) is 0 Å². The summed E-state index contributed by atoms with van der Waals surface area (Å²) in [6.07, 6.45) is -0.0995. The fourth-order valence-corrected chi connectivity index (χ4v) is 1.36. The van der Waals surface area contributed by atoms with Crippen LogP contribution in [0.2, 0.25) is 5.02 Å². The molecule has 1 aromatic carbocycles. The molecule has 0 spiro atoms. The van der Waals surface area contributed by atoms with E-state index in [0.29, 0.717) is 10.6 Å². The molecule has 0 radical (unpaired) electrons. The van der Waals surface area contributed by atoms with Crippen LogP contribution in [-0.2, 0) is 4.74 Å². The molecule has 3 heteroatoms. The molecule has 0 saturated carbocycles. The Balaban J connectivity index is 2.90. The van der Waals surface area contributed by atoms with Gasteiger partial charge in [0, 0.05) is 5.02 Å². The molecule has 2 nitrogen and oxygen atoms in total. The van der Waals surface area contributed by atoms with Crippen molar-refractivity contribution in [3.8, 4) is 0 Å². The minimum atomic E-state index is -0.297. The van der Waals surface area contributed by atoms with Gasteiger partial charge in [-0.25, -0.2) is 4.79 Å². The van der Waals surface area contributed by atoms with E-state index < -0.39 is 0 Å². The molecule has 14 heavy (non-hydrogen) atoms. The third kappa shape index (κ3) is 2.74. The van der Waals surface area contributed by atoms with Gasteiger partial charge in [-0.3, -0.25) is 0 Å². The summed E-state index contributed by atoms with van der Waals surface area (Å²) in [6, 6.07) is 5.12. The van der Waals surface area contributed by atoms with Crippen molar-refractivity contribution in [2.45, 2.75) is 26.9 Å². The van der Waals surface area contributed by atoms with Gasteiger partial charge in [0.15, 0.2) is 0 Å². The number of aryl methyl sites for hydroxylation is 1. The van der Waals surface area contributed by atoms with Crippen LogP contribution in [0.1, 0.15) is 29.8 Å². The summed E-state index contributed by atoms with van der Waals surface area (Å²) in [5.41, 5.74) is 1.41. The first kappa shape index (κ1) is 11.1. The Morgan fingerprint density at radius 2 is 2.07 bits per heavy atom. The second-order valence-corrected chi connectivity index (χ2v) is 3.85. The van der Waals surface area contributed by atoms with Crippen molar-refractivity contribution in [1.29, 1.82) is 0 Å². The van der Waals surface area contributed by atoms with Crippen LogP contribution in [0.5, 0.6) is 0 Å². The standard InChI is InChI=1S/C11H13ClO2/c1-7(2)14-11(13)10-5-4-9(12)6-8(10)3/h4-7H,1-3H3. The maximum atomic E-state index is 11.5. The SMILES string of the molecule is Cc1cc(Cl)ccc1C(=O)OC(C)C. The van der Waals surface area contributed by atoms with E-state index in [9.17, 15) is 4.79 Å². The number of carbonyl (C=O) groups is 1. The van der Waals surface area contributed by atoms with Crippen LogP contribution in [0.15, 0.2) is 18.2 Å². The predicted molar refractivity (Wildman–Crippen MR) is 56.7 cm³/mol. The monoisotopic (exact) mass is 212 g/mol. The summed E-state index contributed by atoms with van der Waals surface area (Å²) in [6.45, 7) is 5.48. The van der Waals surface area contributed by atoms with Gasteiger partial charge in [-0.1, -0.05) is 11.6 Å². The van der Waals surface area contributed by atoms with Crippen LogP contribution in [-0.4, -0.2) is 12.1 Å². The van der Waals surface area contributed by atoms with E-state index in [1.807, 2.05) is 20.8 Å². The van der Waals surface area contributed by atoms with E-state index in [2.05, 4.69) is 0 Å². The smallest absolute Gasteiger partial charge is 0.338 e. The van der Waals surface area contributed by atoms with Gasteiger partial charge in [0.05, 0.1) is 11.7 Å². The molecule has 1 rings (SSSR count). The molecule has 0 aromatic heterocycles. The van der Waals surface area contributed by atoms with Crippen molar-refractivity contribution in [3.05, 3.63) is 34.3 Å². The zero-order valence-electron chi connectivity index (χ0n) is 8.50. The van der Waals surface area contributed by atoms with E-state index in [-0.39, 0.29) is 12.1 Å². The normalized spacial score (nSPS) is 10.4. The Labute approximate surface area is 88.8 Å². The van der Waals surface area contributed by atoms with Gasteiger partial charge in [-0.05, 0) is 44.5 Å². The van der Waals surface area contributed by atoms with E-state index in [1.165, 1.54) is 0 Å². The molecule has 0 saturated heterocycles. The minimum absolute atomic E-state index is 0.0995. The van der Waals surface area contributed by atoms with Crippen LogP contribution < -0.4 is 0 Å². The average molecular weight is 213 g/mol. The number of carbonyl (C=O) groups excluding carboxylic acids is 1. The number of hydrogen-bond acceptors (Lipinski definition) is 2. The van der Waals surface area contributed by atoms with Crippen LogP contribution >= 0.6 is 11.6 Å². The molecule has 0 heterocycles. The fourth-order valence-electron chi connectivity index (χ4n) is 1.13. The summed E-state index contributed by atoms with van der Waals surface area (Å²) in [5.74, 6) is -0.297. The Morgan fingerprint density at radius 1 is 1.43 bits per heavy atom. The largest absolute Gasteiger partial charge is 0.459 e. The highest BCUT2D eigenvalue weighted by atomic mass is 35.5. The first-order valence-electron chi connectivity index (χ1n) is 4.48. The minimum Gasteiger partial charge on any atom is -0.459 e. The number of benzene rings is 1. The molecule has 0 aliphatic carbocycles. The number of esters is 1. The zero-order chi connectivity index (χ0) is 10.7. The zero-order valence-corrected chi connectivity index (χ0v) is 9.26. The van der Waals surface area contributed by atoms with Crippen molar-refractivity contribution in [2.24, 2.45) is 0 Å². The average Bonchev–Trinajstić information content (AvgIpc) is 2.01. The van der Waals surface area contributed by atoms with Crippen molar-refractivity contribution in [3.63, 3.8) is 0 Å². The van der Waals surface area contributed by atoms with Gasteiger partial charge in [-0.15, -0.1) is 0 Å². The van der Waals surface area contributed by atoms with E-state index in [1.54, 1.807) is 18.2 Å². The second-order valence-electron chi connectivity index (χ2n) is 3.41. The van der Waals surface area contributed by atoms with Gasteiger partial charge < -0.3 is 4.74 Å². The number of rotatable bonds is 2. The van der Waals surface area contributed by atoms with E-state index in [4.69, 9.17) is 16.3 Å². The Kier molecular flexibility index (Phi) is 3.53. The van der Waals surface area contributed by atoms with Gasteiger partial charge in [0.1, 0.15) is 0 Å². The first-order valence-corrected chi connectivity index (χ1v) is 4.85. The lowest BCUT2D eigenvalue weighted by molar-refractivity contribution is 0.0377. The number of halogens is 1. The van der Waals surface area contributed by atoms with Crippen LogP contribution in [0.25, 0.3) is 0 Å². The Bertz CT molecular complexity index is 345. The number of hydrogen-bond donors (Lipinski definition) is 0. The van der Waals surface area contributed by atoms with Gasteiger partial charge in [-0.2, -0.15) is 0 Å². The summed E-state index contributed by atoms with van der Waals surface area (Å²) >= 11 is 5.78.